The number of nitrogens with zero attached hydrogens (tertiary/aromatic N) is 2. The lowest BCUT2D eigenvalue weighted by atomic mass is 9.95. The Hall–Kier alpha value is -0.830. The van der Waals surface area contributed by atoms with Crippen LogP contribution < -0.4 is 5.32 Å². The Morgan fingerprint density at radius 1 is 1.31 bits per heavy atom. The zero-order valence-electron chi connectivity index (χ0n) is 9.81. The van der Waals surface area contributed by atoms with Gasteiger partial charge in [0.05, 0.1) is 6.33 Å². The topological polar surface area (TPSA) is 29.9 Å². The molecule has 0 aromatic carbocycles. The van der Waals surface area contributed by atoms with Crippen molar-refractivity contribution in [1.82, 2.24) is 14.9 Å². The van der Waals surface area contributed by atoms with Gasteiger partial charge in [-0.2, -0.15) is 0 Å². The van der Waals surface area contributed by atoms with Crippen molar-refractivity contribution in [2.24, 2.45) is 11.8 Å². The van der Waals surface area contributed by atoms with Gasteiger partial charge in [-0.3, -0.25) is 0 Å². The number of aryl methyl sites for hydroxylation is 1. The van der Waals surface area contributed by atoms with Crippen LogP contribution in [0.4, 0.5) is 0 Å². The molecule has 3 unspecified atom stereocenters. The zero-order valence-corrected chi connectivity index (χ0v) is 9.81. The molecule has 16 heavy (non-hydrogen) atoms. The van der Waals surface area contributed by atoms with E-state index in [1.165, 1.54) is 32.1 Å². The summed E-state index contributed by atoms with van der Waals surface area (Å²) in [6.45, 7) is 2.25. The van der Waals surface area contributed by atoms with Crippen LogP contribution >= 0.6 is 0 Å². The fraction of sp³-hybridized carbons (Fsp3) is 0.769. The van der Waals surface area contributed by atoms with Crippen LogP contribution in [0.1, 0.15) is 32.1 Å². The molecule has 2 bridgehead atoms. The maximum atomic E-state index is 4.05. The van der Waals surface area contributed by atoms with Crippen molar-refractivity contribution >= 4 is 0 Å². The summed E-state index contributed by atoms with van der Waals surface area (Å²) in [6.07, 6.45) is 12.9. The molecule has 3 nitrogen and oxygen atoms in total. The molecule has 3 heteroatoms. The summed E-state index contributed by atoms with van der Waals surface area (Å²) >= 11 is 0. The van der Waals surface area contributed by atoms with Gasteiger partial charge in [0, 0.05) is 25.0 Å². The summed E-state index contributed by atoms with van der Waals surface area (Å²) in [5, 5.41) is 3.74. The van der Waals surface area contributed by atoms with E-state index in [9.17, 15) is 0 Å². The minimum atomic E-state index is 0.835. The van der Waals surface area contributed by atoms with E-state index < -0.39 is 0 Å². The van der Waals surface area contributed by atoms with Gasteiger partial charge in [-0.1, -0.05) is 6.42 Å². The molecule has 2 fully saturated rings. The molecule has 1 aromatic heterocycles. The molecular formula is C13H21N3. The fourth-order valence-corrected chi connectivity index (χ4v) is 3.46. The van der Waals surface area contributed by atoms with Crippen molar-refractivity contribution in [3.05, 3.63) is 18.7 Å². The highest BCUT2D eigenvalue weighted by Gasteiger charge is 2.38. The number of hydrogen-bond donors (Lipinski definition) is 1. The largest absolute Gasteiger partial charge is 0.337 e. The van der Waals surface area contributed by atoms with Crippen LogP contribution in [0.2, 0.25) is 0 Å². The van der Waals surface area contributed by atoms with Crippen LogP contribution in [0.25, 0.3) is 0 Å². The van der Waals surface area contributed by atoms with E-state index in [0.717, 1.165) is 31.0 Å². The lowest BCUT2D eigenvalue weighted by Crippen LogP contribution is -2.34. The first-order valence-electron chi connectivity index (χ1n) is 6.61. The van der Waals surface area contributed by atoms with E-state index in [1.54, 1.807) is 0 Å². The van der Waals surface area contributed by atoms with Crippen molar-refractivity contribution in [2.75, 3.05) is 6.54 Å². The highest BCUT2D eigenvalue weighted by atomic mass is 15.0. The molecule has 3 atom stereocenters. The molecule has 0 aliphatic heterocycles. The second kappa shape index (κ2) is 4.58. The Labute approximate surface area is 97.3 Å². The Kier molecular flexibility index (Phi) is 2.96. The first-order chi connectivity index (χ1) is 7.92. The molecule has 88 valence electrons. The van der Waals surface area contributed by atoms with E-state index in [1.807, 2.05) is 18.7 Å². The first kappa shape index (κ1) is 10.3. The van der Waals surface area contributed by atoms with Gasteiger partial charge in [0.2, 0.25) is 0 Å². The molecule has 0 spiro atoms. The van der Waals surface area contributed by atoms with Crippen LogP contribution in [-0.4, -0.2) is 22.1 Å². The number of hydrogen-bond acceptors (Lipinski definition) is 2. The maximum absolute atomic E-state index is 4.05. The van der Waals surface area contributed by atoms with Crippen LogP contribution in [0.5, 0.6) is 0 Å². The number of nitrogens with one attached hydrogen (secondary N) is 1. The van der Waals surface area contributed by atoms with E-state index >= 15 is 0 Å². The standard InChI is InChI=1S/C13H21N3/c1(6-16-7-5-14-10-16)4-15-13-9-11-2-3-12(13)8-11/h5,7,10-13,15H,1-4,6,8-9H2. The summed E-state index contributed by atoms with van der Waals surface area (Å²) in [4.78, 5) is 4.05. The molecule has 2 aliphatic carbocycles. The average molecular weight is 219 g/mol. The van der Waals surface area contributed by atoms with Crippen molar-refractivity contribution in [3.63, 3.8) is 0 Å². The highest BCUT2D eigenvalue weighted by molar-refractivity contribution is 4.93. The quantitative estimate of drug-likeness (QED) is 0.768. The number of rotatable bonds is 5. The highest BCUT2D eigenvalue weighted by Crippen LogP contribution is 2.44. The predicted octanol–water partition coefficient (Wildman–Crippen LogP) is 2.05. The van der Waals surface area contributed by atoms with Gasteiger partial charge in [-0.05, 0) is 44.1 Å². The third-order valence-electron chi connectivity index (χ3n) is 4.30. The second-order valence-corrected chi connectivity index (χ2v) is 5.39. The van der Waals surface area contributed by atoms with Gasteiger partial charge in [0.25, 0.3) is 0 Å². The van der Waals surface area contributed by atoms with E-state index in [4.69, 9.17) is 0 Å². The summed E-state index contributed by atoms with van der Waals surface area (Å²) in [5.74, 6) is 2.05. The zero-order chi connectivity index (χ0) is 10.8. The summed E-state index contributed by atoms with van der Waals surface area (Å²) < 4.78 is 2.16. The van der Waals surface area contributed by atoms with Gasteiger partial charge in [-0.25, -0.2) is 4.98 Å². The van der Waals surface area contributed by atoms with Gasteiger partial charge in [0.1, 0.15) is 0 Å². The van der Waals surface area contributed by atoms with Crippen molar-refractivity contribution < 1.29 is 0 Å². The maximum Gasteiger partial charge on any atom is 0.0945 e. The normalized spacial score (nSPS) is 32.4. The van der Waals surface area contributed by atoms with Crippen LogP contribution in [0.15, 0.2) is 18.7 Å². The van der Waals surface area contributed by atoms with Crippen LogP contribution in [0, 0.1) is 11.8 Å². The van der Waals surface area contributed by atoms with Crippen LogP contribution in [0.3, 0.4) is 0 Å². The summed E-state index contributed by atoms with van der Waals surface area (Å²) in [7, 11) is 0. The Morgan fingerprint density at radius 2 is 2.31 bits per heavy atom. The van der Waals surface area contributed by atoms with Gasteiger partial charge < -0.3 is 9.88 Å². The predicted molar refractivity (Wildman–Crippen MR) is 64.1 cm³/mol. The van der Waals surface area contributed by atoms with Crippen molar-refractivity contribution in [2.45, 2.75) is 44.7 Å². The molecule has 2 aliphatic rings. The monoisotopic (exact) mass is 219 g/mol. The van der Waals surface area contributed by atoms with Gasteiger partial charge in [0.15, 0.2) is 0 Å². The summed E-state index contributed by atoms with van der Waals surface area (Å²) in [5.41, 5.74) is 0. The summed E-state index contributed by atoms with van der Waals surface area (Å²) in [6, 6.07) is 0.835. The van der Waals surface area contributed by atoms with E-state index in [0.29, 0.717) is 0 Å². The molecule has 2 saturated carbocycles. The third-order valence-corrected chi connectivity index (χ3v) is 4.30. The Balaban J connectivity index is 1.35. The molecule has 0 radical (unpaired) electrons. The lowest BCUT2D eigenvalue weighted by molar-refractivity contribution is 0.348. The minimum absolute atomic E-state index is 0.835. The average Bonchev–Trinajstić information content (AvgIpc) is 3.01. The Bertz CT molecular complexity index is 320. The van der Waals surface area contributed by atoms with Crippen molar-refractivity contribution in [1.29, 1.82) is 0 Å². The number of imidazole rings is 1. The molecule has 0 saturated heterocycles. The smallest absolute Gasteiger partial charge is 0.0945 e. The molecule has 0 amide bonds. The van der Waals surface area contributed by atoms with Gasteiger partial charge >= 0.3 is 0 Å². The molecule has 3 rings (SSSR count). The molecule has 1 aromatic rings. The Morgan fingerprint density at radius 3 is 3.00 bits per heavy atom. The molecular weight excluding hydrogens is 198 g/mol. The number of aromatic nitrogens is 2. The fourth-order valence-electron chi connectivity index (χ4n) is 3.46. The SMILES string of the molecule is c1cn(CCCNC2CC3CCC2C3)cn1. The van der Waals surface area contributed by atoms with Gasteiger partial charge in [-0.15, -0.1) is 0 Å². The number of fused-ring (bicyclic) bond motifs is 2. The minimum Gasteiger partial charge on any atom is -0.337 e. The van der Waals surface area contributed by atoms with E-state index in [-0.39, 0.29) is 0 Å². The third kappa shape index (κ3) is 2.14. The van der Waals surface area contributed by atoms with Crippen molar-refractivity contribution in [3.8, 4) is 0 Å². The molecule has 1 N–H and O–H groups in total. The first-order valence-corrected chi connectivity index (χ1v) is 6.61. The van der Waals surface area contributed by atoms with E-state index in [2.05, 4.69) is 14.9 Å². The molecule has 1 heterocycles. The van der Waals surface area contributed by atoms with Crippen LogP contribution in [-0.2, 0) is 6.54 Å². The lowest BCUT2D eigenvalue weighted by Gasteiger charge is -2.22. The second-order valence-electron chi connectivity index (χ2n) is 5.39.